The number of aromatic amines is 1. The standard InChI is InChI=1S/C15H14ClN5O/c1-9-14(16)10(2)21(20-9)13-5-3-11(4-6-13)15(22)19-12-7-17-18-8-12/h3-8H,1-2H3,(H,17,18)(H,19,22). The molecule has 0 bridgehead atoms. The van der Waals surface area contributed by atoms with E-state index < -0.39 is 0 Å². The lowest BCUT2D eigenvalue weighted by Gasteiger charge is -2.06. The normalized spacial score (nSPS) is 10.7. The molecule has 2 heterocycles. The first-order valence-corrected chi connectivity index (χ1v) is 7.06. The van der Waals surface area contributed by atoms with Gasteiger partial charge in [0.05, 0.1) is 34.0 Å². The molecule has 3 rings (SSSR count). The molecule has 0 radical (unpaired) electrons. The highest BCUT2D eigenvalue weighted by Gasteiger charge is 2.12. The molecule has 2 N–H and O–H groups in total. The molecule has 0 saturated carbocycles. The van der Waals surface area contributed by atoms with Crippen LogP contribution in [0.3, 0.4) is 0 Å². The predicted octanol–water partition coefficient (Wildman–Crippen LogP) is 3.12. The van der Waals surface area contributed by atoms with Gasteiger partial charge in [0.25, 0.3) is 5.91 Å². The molecule has 0 aliphatic carbocycles. The summed E-state index contributed by atoms with van der Waals surface area (Å²) in [6, 6.07) is 7.16. The van der Waals surface area contributed by atoms with Crippen LogP contribution in [0.2, 0.25) is 5.02 Å². The first-order valence-electron chi connectivity index (χ1n) is 6.68. The number of carbonyl (C=O) groups is 1. The number of nitrogens with zero attached hydrogens (tertiary/aromatic N) is 3. The maximum atomic E-state index is 12.1. The molecule has 0 spiro atoms. The van der Waals surface area contributed by atoms with Gasteiger partial charge < -0.3 is 5.32 Å². The molecule has 112 valence electrons. The summed E-state index contributed by atoms with van der Waals surface area (Å²) in [6.45, 7) is 3.76. The van der Waals surface area contributed by atoms with Crippen LogP contribution in [0.1, 0.15) is 21.7 Å². The van der Waals surface area contributed by atoms with Crippen LogP contribution in [0.4, 0.5) is 5.69 Å². The highest BCUT2D eigenvalue weighted by Crippen LogP contribution is 2.22. The van der Waals surface area contributed by atoms with E-state index in [0.29, 0.717) is 16.3 Å². The van der Waals surface area contributed by atoms with Crippen molar-refractivity contribution in [3.8, 4) is 5.69 Å². The van der Waals surface area contributed by atoms with Crippen LogP contribution in [0.5, 0.6) is 0 Å². The maximum absolute atomic E-state index is 12.1. The Bertz CT molecular complexity index is 805. The van der Waals surface area contributed by atoms with Crippen molar-refractivity contribution in [3.63, 3.8) is 0 Å². The smallest absolute Gasteiger partial charge is 0.255 e. The van der Waals surface area contributed by atoms with E-state index in [1.165, 1.54) is 0 Å². The number of rotatable bonds is 3. The first-order chi connectivity index (χ1) is 10.6. The zero-order chi connectivity index (χ0) is 15.7. The fraction of sp³-hybridized carbons (Fsp3) is 0.133. The summed E-state index contributed by atoms with van der Waals surface area (Å²) in [5, 5.41) is 14.2. The molecule has 2 aromatic heterocycles. The molecule has 0 aliphatic heterocycles. The van der Waals surface area contributed by atoms with E-state index in [1.54, 1.807) is 29.2 Å². The number of aromatic nitrogens is 4. The third-order valence-corrected chi connectivity index (χ3v) is 3.88. The second-order valence-corrected chi connectivity index (χ2v) is 5.26. The van der Waals surface area contributed by atoms with Gasteiger partial charge in [-0.15, -0.1) is 0 Å². The first kappa shape index (κ1) is 14.3. The topological polar surface area (TPSA) is 75.6 Å². The molecule has 0 saturated heterocycles. The second-order valence-electron chi connectivity index (χ2n) is 4.88. The number of hydrogen-bond donors (Lipinski definition) is 2. The van der Waals surface area contributed by atoms with Crippen molar-refractivity contribution in [2.45, 2.75) is 13.8 Å². The number of carbonyl (C=O) groups excluding carboxylic acids is 1. The molecular weight excluding hydrogens is 302 g/mol. The molecule has 1 amide bonds. The molecule has 0 atom stereocenters. The van der Waals surface area contributed by atoms with Gasteiger partial charge in [-0.2, -0.15) is 10.2 Å². The SMILES string of the molecule is Cc1nn(-c2ccc(C(=O)Nc3cn[nH]c3)cc2)c(C)c1Cl. The predicted molar refractivity (Wildman–Crippen MR) is 84.6 cm³/mol. The lowest BCUT2D eigenvalue weighted by Crippen LogP contribution is -2.11. The highest BCUT2D eigenvalue weighted by molar-refractivity contribution is 6.31. The van der Waals surface area contributed by atoms with E-state index >= 15 is 0 Å². The maximum Gasteiger partial charge on any atom is 0.255 e. The van der Waals surface area contributed by atoms with Crippen LogP contribution in [-0.4, -0.2) is 25.9 Å². The molecule has 0 aliphatic rings. The molecule has 0 unspecified atom stereocenters. The van der Waals surface area contributed by atoms with Crippen LogP contribution in [0.25, 0.3) is 5.69 Å². The van der Waals surface area contributed by atoms with Gasteiger partial charge in [0.1, 0.15) is 0 Å². The van der Waals surface area contributed by atoms with Crippen molar-refractivity contribution in [1.82, 2.24) is 20.0 Å². The van der Waals surface area contributed by atoms with Gasteiger partial charge in [-0.05, 0) is 38.1 Å². The lowest BCUT2D eigenvalue weighted by atomic mass is 10.2. The van der Waals surface area contributed by atoms with Gasteiger partial charge in [-0.3, -0.25) is 9.89 Å². The zero-order valence-electron chi connectivity index (χ0n) is 12.1. The Morgan fingerprint density at radius 2 is 2.00 bits per heavy atom. The summed E-state index contributed by atoms with van der Waals surface area (Å²) in [5.41, 5.74) is 3.68. The summed E-state index contributed by atoms with van der Waals surface area (Å²) in [5.74, 6) is -0.195. The van der Waals surface area contributed by atoms with Crippen molar-refractivity contribution in [3.05, 3.63) is 58.6 Å². The Morgan fingerprint density at radius 3 is 2.55 bits per heavy atom. The average molecular weight is 316 g/mol. The van der Waals surface area contributed by atoms with Gasteiger partial charge in [0.15, 0.2) is 0 Å². The van der Waals surface area contributed by atoms with E-state index in [2.05, 4.69) is 20.6 Å². The number of amides is 1. The van der Waals surface area contributed by atoms with Crippen molar-refractivity contribution >= 4 is 23.2 Å². The summed E-state index contributed by atoms with van der Waals surface area (Å²) < 4.78 is 1.76. The summed E-state index contributed by atoms with van der Waals surface area (Å²) in [7, 11) is 0. The molecule has 3 aromatic rings. The Labute approximate surface area is 132 Å². The van der Waals surface area contributed by atoms with Gasteiger partial charge in [0.2, 0.25) is 0 Å². The number of aryl methyl sites for hydroxylation is 1. The molecular formula is C15H14ClN5O. The van der Waals surface area contributed by atoms with Crippen molar-refractivity contribution in [2.24, 2.45) is 0 Å². The van der Waals surface area contributed by atoms with Crippen LogP contribution in [0, 0.1) is 13.8 Å². The number of hydrogen-bond acceptors (Lipinski definition) is 3. The summed E-state index contributed by atoms with van der Waals surface area (Å²) >= 11 is 6.15. The third-order valence-electron chi connectivity index (χ3n) is 3.33. The van der Waals surface area contributed by atoms with Crippen LogP contribution >= 0.6 is 11.6 Å². The van der Waals surface area contributed by atoms with Gasteiger partial charge in [0, 0.05) is 11.8 Å². The molecule has 0 fully saturated rings. The van der Waals surface area contributed by atoms with E-state index in [0.717, 1.165) is 17.1 Å². The zero-order valence-corrected chi connectivity index (χ0v) is 12.8. The largest absolute Gasteiger partial charge is 0.319 e. The van der Waals surface area contributed by atoms with E-state index in [4.69, 9.17) is 11.6 Å². The summed E-state index contributed by atoms with van der Waals surface area (Å²) in [4.78, 5) is 12.1. The number of nitrogens with one attached hydrogen (secondary N) is 2. The molecule has 22 heavy (non-hydrogen) atoms. The minimum atomic E-state index is -0.195. The van der Waals surface area contributed by atoms with Crippen molar-refractivity contribution in [1.29, 1.82) is 0 Å². The average Bonchev–Trinajstić information content (AvgIpc) is 3.12. The van der Waals surface area contributed by atoms with Crippen LogP contribution < -0.4 is 5.32 Å². The minimum absolute atomic E-state index is 0.195. The number of anilines is 1. The quantitative estimate of drug-likeness (QED) is 0.779. The fourth-order valence-electron chi connectivity index (χ4n) is 2.15. The Morgan fingerprint density at radius 1 is 1.27 bits per heavy atom. The fourth-order valence-corrected chi connectivity index (χ4v) is 2.27. The summed E-state index contributed by atoms with van der Waals surface area (Å²) in [6.07, 6.45) is 3.16. The Kier molecular flexibility index (Phi) is 3.68. The van der Waals surface area contributed by atoms with E-state index in [-0.39, 0.29) is 5.91 Å². The van der Waals surface area contributed by atoms with Crippen LogP contribution in [0.15, 0.2) is 36.7 Å². The van der Waals surface area contributed by atoms with Crippen molar-refractivity contribution < 1.29 is 4.79 Å². The molecule has 7 heteroatoms. The van der Waals surface area contributed by atoms with Gasteiger partial charge >= 0.3 is 0 Å². The minimum Gasteiger partial charge on any atom is -0.319 e. The monoisotopic (exact) mass is 315 g/mol. The molecule has 6 nitrogen and oxygen atoms in total. The van der Waals surface area contributed by atoms with Crippen LogP contribution in [-0.2, 0) is 0 Å². The highest BCUT2D eigenvalue weighted by atomic mass is 35.5. The van der Waals surface area contributed by atoms with E-state index in [9.17, 15) is 4.79 Å². The third kappa shape index (κ3) is 2.60. The Balaban J connectivity index is 1.83. The Hall–Kier alpha value is -2.60. The van der Waals surface area contributed by atoms with Crippen molar-refractivity contribution in [2.75, 3.05) is 5.32 Å². The number of H-pyrrole nitrogens is 1. The van der Waals surface area contributed by atoms with Gasteiger partial charge in [-0.1, -0.05) is 11.6 Å². The number of benzene rings is 1. The van der Waals surface area contributed by atoms with Gasteiger partial charge in [-0.25, -0.2) is 4.68 Å². The number of halogens is 1. The van der Waals surface area contributed by atoms with E-state index in [1.807, 2.05) is 26.0 Å². The second kappa shape index (κ2) is 5.65. The lowest BCUT2D eigenvalue weighted by molar-refractivity contribution is 0.102. The molecule has 1 aromatic carbocycles.